The van der Waals surface area contributed by atoms with Crippen LogP contribution in [-0.4, -0.2) is 49.5 Å². The molecule has 1 saturated heterocycles. The first-order valence-corrected chi connectivity index (χ1v) is 12.3. The van der Waals surface area contributed by atoms with E-state index in [2.05, 4.69) is 41.5 Å². The number of hydrogen-bond acceptors (Lipinski definition) is 4. The number of ether oxygens (including phenoxy) is 1. The number of nitrogens with one attached hydrogen (secondary N) is 2. The highest BCUT2D eigenvalue weighted by Gasteiger charge is 2.25. The molecule has 0 aliphatic carbocycles. The SMILES string of the molecule is COc1ccc(CN2CCC(CNC(=O)C(CC(C)C)NC(=O)c3ccccc3C)CC2)cc1. The average molecular weight is 466 g/mol. The normalized spacial score (nSPS) is 15.7. The number of aryl methyl sites for hydroxylation is 1. The van der Waals surface area contributed by atoms with Gasteiger partial charge in [-0.05, 0) is 80.4 Å². The van der Waals surface area contributed by atoms with E-state index in [0.717, 1.165) is 43.8 Å². The molecule has 0 radical (unpaired) electrons. The largest absolute Gasteiger partial charge is 0.497 e. The van der Waals surface area contributed by atoms with Gasteiger partial charge in [0.15, 0.2) is 0 Å². The van der Waals surface area contributed by atoms with Gasteiger partial charge in [0, 0.05) is 18.7 Å². The van der Waals surface area contributed by atoms with Crippen LogP contribution >= 0.6 is 0 Å². The molecule has 0 bridgehead atoms. The number of amides is 2. The van der Waals surface area contributed by atoms with E-state index in [0.29, 0.717) is 30.4 Å². The summed E-state index contributed by atoms with van der Waals surface area (Å²) in [6.07, 6.45) is 2.73. The molecule has 0 spiro atoms. The highest BCUT2D eigenvalue weighted by atomic mass is 16.5. The Morgan fingerprint density at radius 3 is 2.35 bits per heavy atom. The van der Waals surface area contributed by atoms with E-state index in [9.17, 15) is 9.59 Å². The van der Waals surface area contributed by atoms with E-state index in [-0.39, 0.29) is 11.8 Å². The lowest BCUT2D eigenvalue weighted by Gasteiger charge is -2.32. The van der Waals surface area contributed by atoms with Gasteiger partial charge >= 0.3 is 0 Å². The van der Waals surface area contributed by atoms with E-state index in [1.807, 2.05) is 37.3 Å². The third-order valence-corrected chi connectivity index (χ3v) is 6.56. The third kappa shape index (κ3) is 7.59. The number of likely N-dealkylation sites (tertiary alicyclic amines) is 1. The molecule has 1 aliphatic heterocycles. The number of carbonyl (C=O) groups excluding carboxylic acids is 2. The number of benzene rings is 2. The van der Waals surface area contributed by atoms with Crippen LogP contribution in [0, 0.1) is 18.8 Å². The van der Waals surface area contributed by atoms with Crippen LogP contribution in [0.25, 0.3) is 0 Å². The molecule has 0 aromatic heterocycles. The van der Waals surface area contributed by atoms with Gasteiger partial charge < -0.3 is 15.4 Å². The Kier molecular flexibility index (Phi) is 9.52. The maximum atomic E-state index is 13.0. The molecule has 1 heterocycles. The third-order valence-electron chi connectivity index (χ3n) is 6.56. The summed E-state index contributed by atoms with van der Waals surface area (Å²) in [5.41, 5.74) is 2.81. The first kappa shape index (κ1) is 25.8. The second-order valence-electron chi connectivity index (χ2n) is 9.78. The van der Waals surface area contributed by atoms with Crippen LogP contribution in [0.5, 0.6) is 5.75 Å². The van der Waals surface area contributed by atoms with Gasteiger partial charge in [0.1, 0.15) is 11.8 Å². The summed E-state index contributed by atoms with van der Waals surface area (Å²) in [6.45, 7) is 9.68. The second-order valence-corrected chi connectivity index (χ2v) is 9.78. The molecule has 1 fully saturated rings. The number of rotatable bonds is 10. The van der Waals surface area contributed by atoms with E-state index in [1.165, 1.54) is 5.56 Å². The summed E-state index contributed by atoms with van der Waals surface area (Å²) in [6, 6.07) is 15.2. The minimum absolute atomic E-state index is 0.0868. The van der Waals surface area contributed by atoms with Gasteiger partial charge in [-0.1, -0.05) is 44.2 Å². The summed E-state index contributed by atoms with van der Waals surface area (Å²) in [5, 5.41) is 6.09. The zero-order valence-electron chi connectivity index (χ0n) is 21.0. The van der Waals surface area contributed by atoms with Crippen molar-refractivity contribution >= 4 is 11.8 Å². The highest BCUT2D eigenvalue weighted by Crippen LogP contribution is 2.20. The standard InChI is InChI=1S/C28H39N3O3/c1-20(2)17-26(30-27(32)25-8-6-5-7-21(25)3)28(33)29-18-22-13-15-31(16-14-22)19-23-9-11-24(34-4)12-10-23/h5-12,20,22,26H,13-19H2,1-4H3,(H,29,33)(H,30,32). The molecule has 2 amide bonds. The zero-order valence-corrected chi connectivity index (χ0v) is 21.0. The van der Waals surface area contributed by atoms with Gasteiger partial charge in [-0.25, -0.2) is 0 Å². The maximum absolute atomic E-state index is 13.0. The zero-order chi connectivity index (χ0) is 24.5. The summed E-state index contributed by atoms with van der Waals surface area (Å²) in [7, 11) is 1.68. The molecule has 1 atom stereocenters. The number of piperidine rings is 1. The fourth-order valence-electron chi connectivity index (χ4n) is 4.47. The number of carbonyl (C=O) groups is 2. The van der Waals surface area contributed by atoms with Gasteiger partial charge in [0.25, 0.3) is 5.91 Å². The Hall–Kier alpha value is -2.86. The van der Waals surface area contributed by atoms with Gasteiger partial charge in [0.05, 0.1) is 7.11 Å². The quantitative estimate of drug-likeness (QED) is 0.552. The Morgan fingerprint density at radius 2 is 1.74 bits per heavy atom. The van der Waals surface area contributed by atoms with E-state index >= 15 is 0 Å². The molecule has 6 nitrogen and oxygen atoms in total. The predicted molar refractivity (Wildman–Crippen MR) is 136 cm³/mol. The van der Waals surface area contributed by atoms with Crippen molar-refractivity contribution in [2.45, 2.75) is 52.6 Å². The molecular weight excluding hydrogens is 426 g/mol. The lowest BCUT2D eigenvalue weighted by molar-refractivity contribution is -0.123. The topological polar surface area (TPSA) is 70.7 Å². The number of nitrogens with zero attached hydrogens (tertiary/aromatic N) is 1. The van der Waals surface area contributed by atoms with Gasteiger partial charge in [0.2, 0.25) is 5.91 Å². The van der Waals surface area contributed by atoms with Crippen molar-refractivity contribution in [3.05, 3.63) is 65.2 Å². The fraction of sp³-hybridized carbons (Fsp3) is 0.500. The molecule has 0 saturated carbocycles. The summed E-state index contributed by atoms with van der Waals surface area (Å²) < 4.78 is 5.23. The molecular formula is C28H39N3O3. The van der Waals surface area contributed by atoms with Crippen molar-refractivity contribution in [3.8, 4) is 5.75 Å². The summed E-state index contributed by atoms with van der Waals surface area (Å²) in [5.74, 6) is 1.36. The molecule has 3 rings (SSSR count). The van der Waals surface area contributed by atoms with Crippen LogP contribution in [0.4, 0.5) is 0 Å². The van der Waals surface area contributed by atoms with Crippen LogP contribution < -0.4 is 15.4 Å². The first-order valence-electron chi connectivity index (χ1n) is 12.3. The molecule has 2 aromatic carbocycles. The predicted octanol–water partition coefficient (Wildman–Crippen LogP) is 4.18. The van der Waals surface area contributed by atoms with Gasteiger partial charge in [-0.15, -0.1) is 0 Å². The van der Waals surface area contributed by atoms with E-state index in [1.54, 1.807) is 13.2 Å². The van der Waals surface area contributed by atoms with Crippen LogP contribution in [-0.2, 0) is 11.3 Å². The molecule has 2 aromatic rings. The van der Waals surface area contributed by atoms with Crippen molar-refractivity contribution in [2.24, 2.45) is 11.8 Å². The number of hydrogen-bond donors (Lipinski definition) is 2. The highest BCUT2D eigenvalue weighted by molar-refractivity contribution is 5.98. The van der Waals surface area contributed by atoms with Gasteiger partial charge in [-0.3, -0.25) is 14.5 Å². The van der Waals surface area contributed by atoms with Crippen LogP contribution in [0.15, 0.2) is 48.5 Å². The second kappa shape index (κ2) is 12.6. The lowest BCUT2D eigenvalue weighted by atomic mass is 9.96. The minimum atomic E-state index is -0.526. The maximum Gasteiger partial charge on any atom is 0.252 e. The Morgan fingerprint density at radius 1 is 1.06 bits per heavy atom. The molecule has 34 heavy (non-hydrogen) atoms. The molecule has 1 unspecified atom stereocenters. The number of methoxy groups -OCH3 is 1. The smallest absolute Gasteiger partial charge is 0.252 e. The van der Waals surface area contributed by atoms with Crippen molar-refractivity contribution in [1.82, 2.24) is 15.5 Å². The van der Waals surface area contributed by atoms with Crippen molar-refractivity contribution in [1.29, 1.82) is 0 Å². The van der Waals surface area contributed by atoms with Crippen LogP contribution in [0.3, 0.4) is 0 Å². The summed E-state index contributed by atoms with van der Waals surface area (Å²) in [4.78, 5) is 28.2. The van der Waals surface area contributed by atoms with E-state index in [4.69, 9.17) is 4.74 Å². The molecule has 184 valence electrons. The van der Waals surface area contributed by atoms with Crippen molar-refractivity contribution < 1.29 is 14.3 Å². The first-order chi connectivity index (χ1) is 16.4. The summed E-state index contributed by atoms with van der Waals surface area (Å²) >= 11 is 0. The van der Waals surface area contributed by atoms with Crippen molar-refractivity contribution in [2.75, 3.05) is 26.7 Å². The monoisotopic (exact) mass is 465 g/mol. The Bertz CT molecular complexity index is 934. The van der Waals surface area contributed by atoms with Gasteiger partial charge in [-0.2, -0.15) is 0 Å². The van der Waals surface area contributed by atoms with Crippen LogP contribution in [0.2, 0.25) is 0 Å². The molecule has 2 N–H and O–H groups in total. The molecule has 6 heteroatoms. The fourth-order valence-corrected chi connectivity index (χ4v) is 4.47. The molecule has 1 aliphatic rings. The lowest BCUT2D eigenvalue weighted by Crippen LogP contribution is -2.49. The average Bonchev–Trinajstić information content (AvgIpc) is 2.83. The van der Waals surface area contributed by atoms with Crippen LogP contribution in [0.1, 0.15) is 54.6 Å². The van der Waals surface area contributed by atoms with E-state index < -0.39 is 6.04 Å². The Labute approximate surface area is 204 Å². The minimum Gasteiger partial charge on any atom is -0.497 e. The van der Waals surface area contributed by atoms with Crippen molar-refractivity contribution in [3.63, 3.8) is 0 Å². The Balaban J connectivity index is 1.46.